The molecular formula is C15H16N2O2. The number of aryl methyl sites for hydroxylation is 3. The molecule has 1 unspecified atom stereocenters. The van der Waals surface area contributed by atoms with Gasteiger partial charge < -0.3 is 0 Å². The Kier molecular flexibility index (Phi) is 3.39. The second-order valence-electron chi connectivity index (χ2n) is 5.08. The molecule has 0 radical (unpaired) electrons. The number of nitrogens with zero attached hydrogens (tertiary/aromatic N) is 2. The maximum Gasteiger partial charge on any atom is 0.238 e. The minimum Gasteiger partial charge on any atom is -0.274 e. The fourth-order valence-electron chi connectivity index (χ4n) is 2.72. The van der Waals surface area contributed by atoms with Crippen LogP contribution in [0.25, 0.3) is 0 Å². The number of rotatable bonds is 2. The van der Waals surface area contributed by atoms with Gasteiger partial charge in [0.05, 0.1) is 17.7 Å². The molecule has 1 saturated heterocycles. The average Bonchev–Trinajstić information content (AvgIpc) is 2.56. The zero-order valence-electron chi connectivity index (χ0n) is 11.4. The summed E-state index contributed by atoms with van der Waals surface area (Å²) in [5, 5.41) is 8.70. The van der Waals surface area contributed by atoms with E-state index in [1.807, 2.05) is 39.0 Å². The lowest BCUT2D eigenvalue weighted by molar-refractivity contribution is -0.122. The summed E-state index contributed by atoms with van der Waals surface area (Å²) in [6.07, 6.45) is 0.240. The van der Waals surface area contributed by atoms with Crippen molar-refractivity contribution in [1.29, 1.82) is 5.26 Å². The largest absolute Gasteiger partial charge is 0.274 e. The standard InChI is InChI=1S/C15H16N2O2/c1-9-6-10(2)14(11(3)7-9)17-13(18)8-12(4-5-16)15(17)19/h6-7,12H,4,8H2,1-3H3. The summed E-state index contributed by atoms with van der Waals surface area (Å²) in [5.74, 6) is -0.945. The first-order chi connectivity index (χ1) is 8.95. The van der Waals surface area contributed by atoms with Crippen molar-refractivity contribution in [3.8, 4) is 6.07 Å². The Bertz CT molecular complexity index is 576. The molecule has 1 fully saturated rings. The third-order valence-corrected chi connectivity index (χ3v) is 3.44. The van der Waals surface area contributed by atoms with E-state index >= 15 is 0 Å². The molecule has 1 aromatic rings. The van der Waals surface area contributed by atoms with E-state index in [-0.39, 0.29) is 24.7 Å². The number of hydrogen-bond acceptors (Lipinski definition) is 3. The summed E-state index contributed by atoms with van der Waals surface area (Å²) < 4.78 is 0. The second-order valence-corrected chi connectivity index (χ2v) is 5.08. The molecule has 0 spiro atoms. The highest BCUT2D eigenvalue weighted by atomic mass is 16.2. The smallest absolute Gasteiger partial charge is 0.238 e. The first kappa shape index (κ1) is 13.3. The Morgan fingerprint density at radius 3 is 2.37 bits per heavy atom. The topological polar surface area (TPSA) is 61.2 Å². The molecule has 0 aromatic heterocycles. The first-order valence-corrected chi connectivity index (χ1v) is 6.27. The third kappa shape index (κ3) is 2.24. The summed E-state index contributed by atoms with van der Waals surface area (Å²) in [5.41, 5.74) is 3.61. The van der Waals surface area contributed by atoms with E-state index in [9.17, 15) is 9.59 Å². The van der Waals surface area contributed by atoms with Crippen LogP contribution in [0.5, 0.6) is 0 Å². The van der Waals surface area contributed by atoms with Gasteiger partial charge in [-0.05, 0) is 31.9 Å². The van der Waals surface area contributed by atoms with E-state index in [4.69, 9.17) is 5.26 Å². The zero-order valence-corrected chi connectivity index (χ0v) is 11.4. The van der Waals surface area contributed by atoms with Gasteiger partial charge in [0.1, 0.15) is 0 Å². The van der Waals surface area contributed by atoms with Gasteiger partial charge in [0.25, 0.3) is 0 Å². The van der Waals surface area contributed by atoms with Crippen LogP contribution in [0, 0.1) is 38.0 Å². The molecule has 1 aromatic carbocycles. The molecular weight excluding hydrogens is 240 g/mol. The van der Waals surface area contributed by atoms with Gasteiger partial charge in [-0.2, -0.15) is 5.26 Å². The van der Waals surface area contributed by atoms with E-state index in [0.717, 1.165) is 16.7 Å². The van der Waals surface area contributed by atoms with E-state index in [1.54, 1.807) is 0 Å². The van der Waals surface area contributed by atoms with E-state index in [0.29, 0.717) is 5.69 Å². The van der Waals surface area contributed by atoms with Crippen LogP contribution in [0.3, 0.4) is 0 Å². The Morgan fingerprint density at radius 2 is 1.84 bits per heavy atom. The molecule has 2 amide bonds. The molecule has 19 heavy (non-hydrogen) atoms. The fraction of sp³-hybridized carbons (Fsp3) is 0.400. The molecule has 1 heterocycles. The lowest BCUT2D eigenvalue weighted by Crippen LogP contribution is -2.31. The molecule has 0 N–H and O–H groups in total. The van der Waals surface area contributed by atoms with Gasteiger partial charge in [-0.15, -0.1) is 0 Å². The van der Waals surface area contributed by atoms with Gasteiger partial charge >= 0.3 is 0 Å². The number of carbonyl (C=O) groups is 2. The van der Waals surface area contributed by atoms with Crippen molar-refractivity contribution in [3.63, 3.8) is 0 Å². The van der Waals surface area contributed by atoms with Crippen LogP contribution in [0.1, 0.15) is 29.5 Å². The molecule has 0 saturated carbocycles. The van der Waals surface area contributed by atoms with Crippen LogP contribution in [0.15, 0.2) is 12.1 Å². The SMILES string of the molecule is Cc1cc(C)c(N2C(=O)CC(CC#N)C2=O)c(C)c1. The zero-order chi connectivity index (χ0) is 14.2. The summed E-state index contributed by atoms with van der Waals surface area (Å²) in [6, 6.07) is 5.89. The lowest BCUT2D eigenvalue weighted by atomic mass is 10.0. The quantitative estimate of drug-likeness (QED) is 0.763. The summed E-state index contributed by atoms with van der Waals surface area (Å²) in [7, 11) is 0. The molecule has 0 bridgehead atoms. The molecule has 98 valence electrons. The number of amides is 2. The number of benzene rings is 1. The summed E-state index contributed by atoms with van der Waals surface area (Å²) >= 11 is 0. The van der Waals surface area contributed by atoms with E-state index < -0.39 is 5.92 Å². The molecule has 1 aliphatic rings. The number of anilines is 1. The van der Waals surface area contributed by atoms with Crippen molar-refractivity contribution in [1.82, 2.24) is 0 Å². The molecule has 4 heteroatoms. The summed E-state index contributed by atoms with van der Waals surface area (Å²) in [4.78, 5) is 25.6. The Morgan fingerprint density at radius 1 is 1.26 bits per heavy atom. The maximum atomic E-state index is 12.2. The van der Waals surface area contributed by atoms with Crippen LogP contribution in [0.4, 0.5) is 5.69 Å². The Labute approximate surface area is 112 Å². The molecule has 1 aliphatic heterocycles. The van der Waals surface area contributed by atoms with Crippen LogP contribution in [-0.4, -0.2) is 11.8 Å². The highest BCUT2D eigenvalue weighted by Gasteiger charge is 2.40. The molecule has 2 rings (SSSR count). The third-order valence-electron chi connectivity index (χ3n) is 3.44. The first-order valence-electron chi connectivity index (χ1n) is 6.27. The minimum absolute atomic E-state index is 0.102. The Hall–Kier alpha value is -2.15. The van der Waals surface area contributed by atoms with Gasteiger partial charge in [-0.1, -0.05) is 17.7 Å². The van der Waals surface area contributed by atoms with Gasteiger partial charge in [0, 0.05) is 12.8 Å². The molecule has 0 aliphatic carbocycles. The normalized spacial score (nSPS) is 18.8. The van der Waals surface area contributed by atoms with Gasteiger partial charge in [-0.25, -0.2) is 4.90 Å². The van der Waals surface area contributed by atoms with Crippen LogP contribution in [0.2, 0.25) is 0 Å². The number of hydrogen-bond donors (Lipinski definition) is 0. The average molecular weight is 256 g/mol. The van der Waals surface area contributed by atoms with Crippen LogP contribution < -0.4 is 4.90 Å². The van der Waals surface area contributed by atoms with Crippen molar-refractivity contribution in [3.05, 3.63) is 28.8 Å². The predicted molar refractivity (Wildman–Crippen MR) is 71.5 cm³/mol. The minimum atomic E-state index is -0.488. The van der Waals surface area contributed by atoms with E-state index in [2.05, 4.69) is 0 Å². The maximum absolute atomic E-state index is 12.2. The van der Waals surface area contributed by atoms with Crippen molar-refractivity contribution in [2.45, 2.75) is 33.6 Å². The predicted octanol–water partition coefficient (Wildman–Crippen LogP) is 2.41. The van der Waals surface area contributed by atoms with Gasteiger partial charge in [0.2, 0.25) is 11.8 Å². The van der Waals surface area contributed by atoms with Gasteiger partial charge in [-0.3, -0.25) is 9.59 Å². The van der Waals surface area contributed by atoms with Crippen molar-refractivity contribution < 1.29 is 9.59 Å². The number of imide groups is 1. The monoisotopic (exact) mass is 256 g/mol. The highest BCUT2D eigenvalue weighted by Crippen LogP contribution is 2.33. The number of carbonyl (C=O) groups excluding carboxylic acids is 2. The van der Waals surface area contributed by atoms with Gasteiger partial charge in [0.15, 0.2) is 0 Å². The summed E-state index contributed by atoms with van der Waals surface area (Å²) in [6.45, 7) is 5.77. The van der Waals surface area contributed by atoms with Crippen LogP contribution in [-0.2, 0) is 9.59 Å². The number of nitriles is 1. The lowest BCUT2D eigenvalue weighted by Gasteiger charge is -2.20. The van der Waals surface area contributed by atoms with Crippen molar-refractivity contribution in [2.75, 3.05) is 4.90 Å². The molecule has 4 nitrogen and oxygen atoms in total. The fourth-order valence-corrected chi connectivity index (χ4v) is 2.72. The van der Waals surface area contributed by atoms with Crippen molar-refractivity contribution in [2.24, 2.45) is 5.92 Å². The molecule has 1 atom stereocenters. The highest BCUT2D eigenvalue weighted by molar-refractivity contribution is 6.21. The second kappa shape index (κ2) is 4.85. The Balaban J connectivity index is 2.46. The van der Waals surface area contributed by atoms with E-state index in [1.165, 1.54) is 4.90 Å². The van der Waals surface area contributed by atoms with Crippen LogP contribution >= 0.6 is 0 Å². The van der Waals surface area contributed by atoms with Crippen molar-refractivity contribution >= 4 is 17.5 Å².